The van der Waals surface area contributed by atoms with Crippen molar-refractivity contribution >= 4 is 11.8 Å². The molecular weight excluding hydrogens is 197 g/mol. The summed E-state index contributed by atoms with van der Waals surface area (Å²) in [4.78, 5) is 0. The second-order valence-electron chi connectivity index (χ2n) is 3.05. The third-order valence-corrected chi connectivity index (χ3v) is 3.09. The van der Waals surface area contributed by atoms with Gasteiger partial charge in [0, 0.05) is 11.8 Å². The molecule has 14 heavy (non-hydrogen) atoms. The molecule has 0 radical (unpaired) electrons. The molecule has 1 unspecified atom stereocenters. The first-order chi connectivity index (χ1) is 6.77. The molecule has 78 valence electrons. The molecule has 1 aromatic rings. The molecule has 0 spiro atoms. The Bertz CT molecular complexity index is 260. The van der Waals surface area contributed by atoms with Crippen LogP contribution in [0.3, 0.4) is 0 Å². The minimum atomic E-state index is -0.174. The molecule has 1 N–H and O–H groups in total. The summed E-state index contributed by atoms with van der Waals surface area (Å²) in [5.41, 5.74) is 1.15. The molecule has 1 atom stereocenters. The van der Waals surface area contributed by atoms with Crippen LogP contribution in [0.25, 0.3) is 0 Å². The zero-order valence-electron chi connectivity index (χ0n) is 8.59. The normalized spacial score (nSPS) is 12.8. The summed E-state index contributed by atoms with van der Waals surface area (Å²) in [6.45, 7) is 2.14. The summed E-state index contributed by atoms with van der Waals surface area (Å²) in [5, 5.41) is 3.23. The summed E-state index contributed by atoms with van der Waals surface area (Å²) in [5.74, 6) is 1.96. The van der Waals surface area contributed by atoms with Crippen molar-refractivity contribution in [1.29, 1.82) is 0 Å². The molecule has 1 nitrogen and oxygen atoms in total. The molecule has 0 amide bonds. The Hall–Kier alpha value is -0.540. The van der Waals surface area contributed by atoms with E-state index < -0.39 is 0 Å². The molecule has 1 rings (SSSR count). The minimum Gasteiger partial charge on any atom is -0.312 e. The minimum absolute atomic E-state index is 0.174. The van der Waals surface area contributed by atoms with Gasteiger partial charge in [0.05, 0.1) is 0 Å². The van der Waals surface area contributed by atoms with Crippen LogP contribution in [0.4, 0.5) is 4.39 Å². The second-order valence-corrected chi connectivity index (χ2v) is 4.37. The van der Waals surface area contributed by atoms with Crippen molar-refractivity contribution in [2.45, 2.75) is 13.0 Å². The number of thioether (sulfide) groups is 1. The van der Waals surface area contributed by atoms with Crippen LogP contribution in [0.1, 0.15) is 18.5 Å². The molecule has 0 aliphatic carbocycles. The number of benzene rings is 1. The van der Waals surface area contributed by atoms with E-state index in [0.29, 0.717) is 6.04 Å². The van der Waals surface area contributed by atoms with Gasteiger partial charge in [0.25, 0.3) is 0 Å². The average Bonchev–Trinajstić information content (AvgIpc) is 2.21. The largest absolute Gasteiger partial charge is 0.312 e. The molecule has 0 heterocycles. The van der Waals surface area contributed by atoms with E-state index in [1.807, 2.05) is 30.9 Å². The highest BCUT2D eigenvalue weighted by atomic mass is 32.2. The van der Waals surface area contributed by atoms with Gasteiger partial charge in [0.15, 0.2) is 0 Å². The first-order valence-corrected chi connectivity index (χ1v) is 5.94. The van der Waals surface area contributed by atoms with Crippen molar-refractivity contribution in [2.24, 2.45) is 0 Å². The number of hydrogen-bond donors (Lipinski definition) is 1. The van der Waals surface area contributed by atoms with Crippen molar-refractivity contribution < 1.29 is 4.39 Å². The standard InChI is InChI=1S/C11H16FNS/c1-3-14-8-11(13-2)9-4-6-10(12)7-5-9/h4-7,11,13H,3,8H2,1-2H3. The molecule has 0 saturated heterocycles. The van der Waals surface area contributed by atoms with Gasteiger partial charge in [-0.1, -0.05) is 19.1 Å². The zero-order chi connectivity index (χ0) is 10.4. The van der Waals surface area contributed by atoms with Crippen LogP contribution in [-0.4, -0.2) is 18.6 Å². The van der Waals surface area contributed by atoms with E-state index in [-0.39, 0.29) is 5.82 Å². The van der Waals surface area contributed by atoms with Crippen molar-refractivity contribution in [3.63, 3.8) is 0 Å². The highest BCUT2D eigenvalue weighted by Crippen LogP contribution is 2.18. The highest BCUT2D eigenvalue weighted by Gasteiger charge is 2.07. The lowest BCUT2D eigenvalue weighted by Crippen LogP contribution is -2.18. The SMILES string of the molecule is CCSCC(NC)c1ccc(F)cc1. The van der Waals surface area contributed by atoms with E-state index in [4.69, 9.17) is 0 Å². The number of nitrogens with one attached hydrogen (secondary N) is 1. The van der Waals surface area contributed by atoms with Crippen LogP contribution < -0.4 is 5.32 Å². The summed E-state index contributed by atoms with van der Waals surface area (Å²) >= 11 is 1.88. The van der Waals surface area contributed by atoms with E-state index >= 15 is 0 Å². The first kappa shape index (κ1) is 11.5. The predicted octanol–water partition coefficient (Wildman–Crippen LogP) is 2.84. The molecule has 3 heteroatoms. The number of hydrogen-bond acceptors (Lipinski definition) is 2. The third-order valence-electron chi connectivity index (χ3n) is 2.11. The molecule has 1 aromatic carbocycles. The Morgan fingerprint density at radius 1 is 1.36 bits per heavy atom. The van der Waals surface area contributed by atoms with Crippen molar-refractivity contribution in [3.05, 3.63) is 35.6 Å². The summed E-state index contributed by atoms with van der Waals surface area (Å²) in [6.07, 6.45) is 0. The van der Waals surface area contributed by atoms with Gasteiger partial charge in [-0.3, -0.25) is 0 Å². The maximum atomic E-state index is 12.7. The first-order valence-electron chi connectivity index (χ1n) is 4.78. The lowest BCUT2D eigenvalue weighted by atomic mass is 10.1. The fraction of sp³-hybridized carbons (Fsp3) is 0.455. The number of rotatable bonds is 5. The lowest BCUT2D eigenvalue weighted by molar-refractivity contribution is 0.620. The second kappa shape index (κ2) is 6.04. The van der Waals surface area contributed by atoms with Crippen LogP contribution in [0.15, 0.2) is 24.3 Å². The van der Waals surface area contributed by atoms with E-state index in [9.17, 15) is 4.39 Å². The van der Waals surface area contributed by atoms with Gasteiger partial charge in [-0.25, -0.2) is 4.39 Å². The lowest BCUT2D eigenvalue weighted by Gasteiger charge is -2.15. The van der Waals surface area contributed by atoms with Gasteiger partial charge in [-0.2, -0.15) is 11.8 Å². The fourth-order valence-corrected chi connectivity index (χ4v) is 2.11. The Morgan fingerprint density at radius 2 is 2.00 bits per heavy atom. The van der Waals surface area contributed by atoms with Crippen molar-refractivity contribution in [3.8, 4) is 0 Å². The maximum Gasteiger partial charge on any atom is 0.123 e. The number of halogens is 1. The van der Waals surface area contributed by atoms with Gasteiger partial charge in [-0.05, 0) is 30.5 Å². The van der Waals surface area contributed by atoms with Crippen LogP contribution in [0.5, 0.6) is 0 Å². The van der Waals surface area contributed by atoms with Crippen LogP contribution in [0.2, 0.25) is 0 Å². The quantitative estimate of drug-likeness (QED) is 0.807. The van der Waals surface area contributed by atoms with Crippen molar-refractivity contribution in [2.75, 3.05) is 18.6 Å². The molecule has 0 saturated carbocycles. The van der Waals surface area contributed by atoms with Gasteiger partial charge in [0.1, 0.15) is 5.82 Å². The van der Waals surface area contributed by atoms with Crippen LogP contribution in [0, 0.1) is 5.82 Å². The predicted molar refractivity (Wildman–Crippen MR) is 61.2 cm³/mol. The fourth-order valence-electron chi connectivity index (χ4n) is 1.28. The van der Waals surface area contributed by atoms with Crippen molar-refractivity contribution in [1.82, 2.24) is 5.32 Å². The summed E-state index contributed by atoms with van der Waals surface area (Å²) < 4.78 is 12.7. The van der Waals surface area contributed by atoms with Gasteiger partial charge in [0.2, 0.25) is 0 Å². The van der Waals surface area contributed by atoms with Gasteiger partial charge in [-0.15, -0.1) is 0 Å². The Balaban J connectivity index is 2.64. The smallest absolute Gasteiger partial charge is 0.123 e. The monoisotopic (exact) mass is 213 g/mol. The van der Waals surface area contributed by atoms with Gasteiger partial charge >= 0.3 is 0 Å². The van der Waals surface area contributed by atoms with E-state index in [2.05, 4.69) is 12.2 Å². The Kier molecular flexibility index (Phi) is 4.98. The summed E-state index contributed by atoms with van der Waals surface area (Å²) in [7, 11) is 1.93. The third kappa shape index (κ3) is 3.31. The Morgan fingerprint density at radius 3 is 2.50 bits per heavy atom. The molecule has 0 bridgehead atoms. The Labute approximate surface area is 89.1 Å². The maximum absolute atomic E-state index is 12.7. The molecular formula is C11H16FNS. The molecule has 0 aromatic heterocycles. The molecule has 0 fully saturated rings. The zero-order valence-corrected chi connectivity index (χ0v) is 9.40. The average molecular weight is 213 g/mol. The van der Waals surface area contributed by atoms with Crippen LogP contribution in [-0.2, 0) is 0 Å². The van der Waals surface area contributed by atoms with Gasteiger partial charge < -0.3 is 5.32 Å². The molecule has 0 aliphatic heterocycles. The summed E-state index contributed by atoms with van der Waals surface area (Å²) in [6, 6.07) is 7.02. The van der Waals surface area contributed by atoms with Crippen LogP contribution >= 0.6 is 11.8 Å². The van der Waals surface area contributed by atoms with E-state index in [1.165, 1.54) is 12.1 Å². The van der Waals surface area contributed by atoms with E-state index in [0.717, 1.165) is 17.1 Å². The molecule has 0 aliphatic rings. The van der Waals surface area contributed by atoms with E-state index in [1.54, 1.807) is 0 Å². The topological polar surface area (TPSA) is 12.0 Å². The highest BCUT2D eigenvalue weighted by molar-refractivity contribution is 7.99.